The van der Waals surface area contributed by atoms with Crippen molar-refractivity contribution < 1.29 is 0 Å². The number of pyridine rings is 1. The Bertz CT molecular complexity index is 387. The Labute approximate surface area is 88.9 Å². The molecule has 2 aromatic rings. The van der Waals surface area contributed by atoms with Gasteiger partial charge >= 0.3 is 0 Å². The standard InChI is InChI=1S/C9H5ClIN/c10-8-3-1-2-7-6(8)4-5-12-9(7)11/h1-5H. The predicted octanol–water partition coefficient (Wildman–Crippen LogP) is 3.49. The molecule has 0 aliphatic heterocycles. The topological polar surface area (TPSA) is 12.9 Å². The van der Waals surface area contributed by atoms with Crippen LogP contribution in [-0.4, -0.2) is 4.98 Å². The summed E-state index contributed by atoms with van der Waals surface area (Å²) in [6, 6.07) is 7.78. The van der Waals surface area contributed by atoms with Crippen LogP contribution in [0.3, 0.4) is 0 Å². The minimum absolute atomic E-state index is 0.785. The highest BCUT2D eigenvalue weighted by molar-refractivity contribution is 14.1. The van der Waals surface area contributed by atoms with Gasteiger partial charge in [0, 0.05) is 22.0 Å². The number of rotatable bonds is 0. The molecular formula is C9H5ClIN. The monoisotopic (exact) mass is 289 g/mol. The number of benzene rings is 1. The van der Waals surface area contributed by atoms with E-state index >= 15 is 0 Å². The molecule has 0 N–H and O–H groups in total. The van der Waals surface area contributed by atoms with Crippen LogP contribution < -0.4 is 0 Å². The van der Waals surface area contributed by atoms with Gasteiger partial charge in [-0.25, -0.2) is 4.98 Å². The second kappa shape index (κ2) is 3.18. The Morgan fingerprint density at radius 2 is 2.00 bits per heavy atom. The summed E-state index contributed by atoms with van der Waals surface area (Å²) >= 11 is 8.20. The molecule has 0 unspecified atom stereocenters. The molecule has 60 valence electrons. The number of hydrogen-bond acceptors (Lipinski definition) is 1. The van der Waals surface area contributed by atoms with Crippen molar-refractivity contribution in [3.63, 3.8) is 0 Å². The lowest BCUT2D eigenvalue weighted by Gasteiger charge is -2.00. The SMILES string of the molecule is Clc1cccc2c(I)nccc12. The van der Waals surface area contributed by atoms with Crippen LogP contribution in [0.2, 0.25) is 5.02 Å². The van der Waals surface area contributed by atoms with Crippen LogP contribution in [0.25, 0.3) is 10.8 Å². The van der Waals surface area contributed by atoms with Gasteiger partial charge in [0.05, 0.1) is 0 Å². The summed E-state index contributed by atoms with van der Waals surface area (Å²) in [6.45, 7) is 0. The van der Waals surface area contributed by atoms with Gasteiger partial charge in [-0.05, 0) is 34.7 Å². The fourth-order valence-electron chi connectivity index (χ4n) is 1.13. The van der Waals surface area contributed by atoms with E-state index < -0.39 is 0 Å². The maximum absolute atomic E-state index is 6.00. The third-order valence-electron chi connectivity index (χ3n) is 1.70. The molecule has 1 nitrogen and oxygen atoms in total. The van der Waals surface area contributed by atoms with E-state index in [1.54, 1.807) is 6.20 Å². The summed E-state index contributed by atoms with van der Waals surface area (Å²) in [5, 5.41) is 2.97. The number of aromatic nitrogens is 1. The average molecular weight is 290 g/mol. The molecule has 2 rings (SSSR count). The molecule has 0 spiro atoms. The zero-order valence-corrected chi connectivity index (χ0v) is 9.00. The molecule has 0 atom stereocenters. The van der Waals surface area contributed by atoms with Crippen molar-refractivity contribution in [1.29, 1.82) is 0 Å². The first-order valence-corrected chi connectivity index (χ1v) is 4.93. The quantitative estimate of drug-likeness (QED) is 0.534. The van der Waals surface area contributed by atoms with Gasteiger partial charge in [-0.15, -0.1) is 0 Å². The van der Waals surface area contributed by atoms with Gasteiger partial charge in [0.2, 0.25) is 0 Å². The second-order valence-electron chi connectivity index (χ2n) is 2.44. The Balaban J connectivity index is 2.94. The van der Waals surface area contributed by atoms with Gasteiger partial charge in [0.1, 0.15) is 3.70 Å². The lowest BCUT2D eigenvalue weighted by atomic mass is 10.2. The van der Waals surface area contributed by atoms with E-state index in [2.05, 4.69) is 27.6 Å². The predicted molar refractivity (Wildman–Crippen MR) is 59.5 cm³/mol. The van der Waals surface area contributed by atoms with E-state index in [1.807, 2.05) is 24.3 Å². The minimum Gasteiger partial charge on any atom is -0.250 e. The Morgan fingerprint density at radius 1 is 1.17 bits per heavy atom. The Morgan fingerprint density at radius 3 is 2.75 bits per heavy atom. The van der Waals surface area contributed by atoms with Crippen LogP contribution in [-0.2, 0) is 0 Å². The second-order valence-corrected chi connectivity index (χ2v) is 3.87. The first-order chi connectivity index (χ1) is 5.79. The Hall–Kier alpha value is -0.350. The zero-order chi connectivity index (χ0) is 8.55. The molecule has 0 fully saturated rings. The lowest BCUT2D eigenvalue weighted by molar-refractivity contribution is 1.31. The van der Waals surface area contributed by atoms with Crippen LogP contribution in [0.4, 0.5) is 0 Å². The van der Waals surface area contributed by atoms with Crippen LogP contribution in [0.15, 0.2) is 30.5 Å². The van der Waals surface area contributed by atoms with E-state index in [4.69, 9.17) is 11.6 Å². The Kier molecular flexibility index (Phi) is 2.19. The summed E-state index contributed by atoms with van der Waals surface area (Å²) in [6.07, 6.45) is 1.77. The maximum atomic E-state index is 6.00. The molecule has 1 heterocycles. The van der Waals surface area contributed by atoms with Crippen molar-refractivity contribution in [2.24, 2.45) is 0 Å². The largest absolute Gasteiger partial charge is 0.250 e. The van der Waals surface area contributed by atoms with Gasteiger partial charge in [-0.1, -0.05) is 23.7 Å². The summed E-state index contributed by atoms with van der Waals surface area (Å²) < 4.78 is 0.993. The normalized spacial score (nSPS) is 10.5. The molecule has 1 aromatic heterocycles. The third kappa shape index (κ3) is 1.29. The first-order valence-electron chi connectivity index (χ1n) is 3.48. The third-order valence-corrected chi connectivity index (χ3v) is 2.89. The molecule has 12 heavy (non-hydrogen) atoms. The average Bonchev–Trinajstić information content (AvgIpc) is 2.07. The molecule has 0 aliphatic carbocycles. The van der Waals surface area contributed by atoms with Crippen LogP contribution in [0.1, 0.15) is 0 Å². The molecular weight excluding hydrogens is 284 g/mol. The number of halogens is 2. The van der Waals surface area contributed by atoms with Crippen molar-refractivity contribution in [3.8, 4) is 0 Å². The fraction of sp³-hybridized carbons (Fsp3) is 0. The number of nitrogens with zero attached hydrogens (tertiary/aromatic N) is 1. The van der Waals surface area contributed by atoms with Gasteiger partial charge in [-0.2, -0.15) is 0 Å². The van der Waals surface area contributed by atoms with Gasteiger partial charge in [0.15, 0.2) is 0 Å². The first kappa shape index (κ1) is 8.26. The molecule has 0 radical (unpaired) electrons. The van der Waals surface area contributed by atoms with E-state index in [9.17, 15) is 0 Å². The van der Waals surface area contributed by atoms with E-state index in [-0.39, 0.29) is 0 Å². The van der Waals surface area contributed by atoms with Crippen LogP contribution >= 0.6 is 34.2 Å². The van der Waals surface area contributed by atoms with Crippen molar-refractivity contribution in [2.45, 2.75) is 0 Å². The van der Waals surface area contributed by atoms with Gasteiger partial charge < -0.3 is 0 Å². The van der Waals surface area contributed by atoms with Crippen molar-refractivity contribution in [3.05, 3.63) is 39.2 Å². The highest BCUT2D eigenvalue weighted by atomic mass is 127. The summed E-state index contributed by atoms with van der Waals surface area (Å²) in [5.74, 6) is 0. The van der Waals surface area contributed by atoms with Crippen LogP contribution in [0, 0.1) is 3.70 Å². The molecule has 0 saturated carbocycles. The number of hydrogen-bond donors (Lipinski definition) is 0. The molecule has 0 amide bonds. The van der Waals surface area contributed by atoms with E-state index in [1.165, 1.54) is 0 Å². The maximum Gasteiger partial charge on any atom is 0.109 e. The molecule has 3 heteroatoms. The zero-order valence-electron chi connectivity index (χ0n) is 6.09. The van der Waals surface area contributed by atoms with Gasteiger partial charge in [0.25, 0.3) is 0 Å². The molecule has 0 aliphatic rings. The van der Waals surface area contributed by atoms with E-state index in [0.717, 1.165) is 19.5 Å². The highest BCUT2D eigenvalue weighted by Gasteiger charge is 2.00. The fourth-order valence-corrected chi connectivity index (χ4v) is 2.00. The molecule has 0 bridgehead atoms. The smallest absolute Gasteiger partial charge is 0.109 e. The molecule has 0 saturated heterocycles. The van der Waals surface area contributed by atoms with Crippen molar-refractivity contribution in [1.82, 2.24) is 4.98 Å². The lowest BCUT2D eigenvalue weighted by Crippen LogP contribution is -1.82. The molecule has 1 aromatic carbocycles. The highest BCUT2D eigenvalue weighted by Crippen LogP contribution is 2.24. The summed E-state index contributed by atoms with van der Waals surface area (Å²) in [5.41, 5.74) is 0. The van der Waals surface area contributed by atoms with Crippen LogP contribution in [0.5, 0.6) is 0 Å². The van der Waals surface area contributed by atoms with Crippen molar-refractivity contribution in [2.75, 3.05) is 0 Å². The van der Waals surface area contributed by atoms with Crippen molar-refractivity contribution >= 4 is 45.0 Å². The number of fused-ring (bicyclic) bond motifs is 1. The summed E-state index contributed by atoms with van der Waals surface area (Å²) in [4.78, 5) is 4.18. The minimum atomic E-state index is 0.785. The van der Waals surface area contributed by atoms with E-state index in [0.29, 0.717) is 0 Å². The van der Waals surface area contributed by atoms with Gasteiger partial charge in [-0.3, -0.25) is 0 Å². The summed E-state index contributed by atoms with van der Waals surface area (Å²) in [7, 11) is 0.